The molecule has 0 atom stereocenters. The van der Waals surface area contributed by atoms with Crippen molar-refractivity contribution in [3.8, 4) is 34.5 Å². The minimum absolute atomic E-state index is 0.106. The van der Waals surface area contributed by atoms with Gasteiger partial charge in [-0.25, -0.2) is 14.2 Å². The topological polar surface area (TPSA) is 116 Å². The summed E-state index contributed by atoms with van der Waals surface area (Å²) in [7, 11) is 3.13. The van der Waals surface area contributed by atoms with Crippen LogP contribution in [0.4, 0.5) is 20.6 Å². The second-order valence-corrected chi connectivity index (χ2v) is 8.18. The summed E-state index contributed by atoms with van der Waals surface area (Å²) in [4.78, 5) is 21.0. The average molecular weight is 515 g/mol. The van der Waals surface area contributed by atoms with Gasteiger partial charge in [0, 0.05) is 24.0 Å². The molecule has 0 unspecified atom stereocenters. The molecule has 0 spiro atoms. The quantitative estimate of drug-likeness (QED) is 0.283. The highest BCUT2D eigenvalue weighted by molar-refractivity contribution is 5.99. The number of benzene rings is 3. The predicted octanol–water partition coefficient (Wildman–Crippen LogP) is 5.45. The fourth-order valence-electron chi connectivity index (χ4n) is 3.73. The molecule has 2 heterocycles. The predicted molar refractivity (Wildman–Crippen MR) is 139 cm³/mol. The monoisotopic (exact) mass is 514 g/mol. The highest BCUT2D eigenvalue weighted by Gasteiger charge is 2.15. The highest BCUT2D eigenvalue weighted by atomic mass is 19.1. The molecule has 192 valence electrons. The number of amides is 2. The van der Waals surface area contributed by atoms with Crippen LogP contribution in [-0.4, -0.2) is 39.9 Å². The Morgan fingerprint density at radius 1 is 1.00 bits per heavy atom. The Morgan fingerprint density at radius 2 is 1.79 bits per heavy atom. The standard InChI is InChI=1S/C27H23FN6O4/c1-36-23-12-9-18(13-24(23)37-2)25-32-26(38-33-25)22-15-34(16-29-22)14-17-7-10-19(11-8-17)30-27(35)31-21-6-4-3-5-20(21)28/h3-13,15-16H,14H2,1-2H3,(H2,30,31,35). The van der Waals surface area contributed by atoms with Crippen LogP contribution in [0.15, 0.2) is 83.8 Å². The van der Waals surface area contributed by atoms with Crippen LogP contribution in [0.5, 0.6) is 11.5 Å². The third-order valence-electron chi connectivity index (χ3n) is 5.62. The van der Waals surface area contributed by atoms with E-state index in [1.165, 1.54) is 12.1 Å². The van der Waals surface area contributed by atoms with Crippen molar-refractivity contribution in [2.75, 3.05) is 24.9 Å². The molecule has 0 fully saturated rings. The minimum Gasteiger partial charge on any atom is -0.493 e. The SMILES string of the molecule is COc1ccc(-c2noc(-c3cn(Cc4ccc(NC(=O)Nc5ccccc5F)cc4)cn3)n2)cc1OC. The summed E-state index contributed by atoms with van der Waals surface area (Å²) in [5, 5.41) is 9.23. The van der Waals surface area contributed by atoms with Gasteiger partial charge in [-0.3, -0.25) is 0 Å². The number of nitrogens with zero attached hydrogens (tertiary/aromatic N) is 4. The first-order valence-electron chi connectivity index (χ1n) is 11.5. The molecular formula is C27H23FN6O4. The van der Waals surface area contributed by atoms with E-state index in [-0.39, 0.29) is 11.6 Å². The molecule has 0 aliphatic rings. The number of hydrogen-bond acceptors (Lipinski definition) is 7. The number of carbonyl (C=O) groups is 1. The van der Waals surface area contributed by atoms with Crippen LogP contribution in [0.2, 0.25) is 0 Å². The maximum atomic E-state index is 13.7. The van der Waals surface area contributed by atoms with E-state index in [1.54, 1.807) is 63.1 Å². The maximum absolute atomic E-state index is 13.7. The van der Waals surface area contributed by atoms with Crippen LogP contribution in [0.3, 0.4) is 0 Å². The van der Waals surface area contributed by atoms with Crippen molar-refractivity contribution < 1.29 is 23.2 Å². The minimum atomic E-state index is -0.533. The molecule has 11 heteroatoms. The summed E-state index contributed by atoms with van der Waals surface area (Å²) in [6.07, 6.45) is 3.48. The Morgan fingerprint density at radius 3 is 2.55 bits per heavy atom. The zero-order valence-corrected chi connectivity index (χ0v) is 20.5. The molecule has 2 amide bonds. The fraction of sp³-hybridized carbons (Fsp3) is 0.111. The smallest absolute Gasteiger partial charge is 0.323 e. The number of para-hydroxylation sites is 1. The van der Waals surface area contributed by atoms with Crippen molar-refractivity contribution in [1.29, 1.82) is 0 Å². The molecule has 5 rings (SSSR count). The van der Waals surface area contributed by atoms with Crippen molar-refractivity contribution in [3.63, 3.8) is 0 Å². The van der Waals surface area contributed by atoms with Gasteiger partial charge in [0.2, 0.25) is 5.82 Å². The van der Waals surface area contributed by atoms with Gasteiger partial charge in [0.15, 0.2) is 11.5 Å². The Kier molecular flexibility index (Phi) is 6.98. The molecule has 0 radical (unpaired) electrons. The molecule has 0 aliphatic carbocycles. The van der Waals surface area contributed by atoms with E-state index in [9.17, 15) is 9.18 Å². The highest BCUT2D eigenvalue weighted by Crippen LogP contribution is 2.32. The Hall–Kier alpha value is -5.19. The van der Waals surface area contributed by atoms with Crippen molar-refractivity contribution >= 4 is 17.4 Å². The summed E-state index contributed by atoms with van der Waals surface area (Å²) in [6, 6.07) is 18.1. The van der Waals surface area contributed by atoms with Gasteiger partial charge in [0.1, 0.15) is 11.5 Å². The number of urea groups is 1. The number of carbonyl (C=O) groups excluding carboxylic acids is 1. The molecule has 38 heavy (non-hydrogen) atoms. The van der Waals surface area contributed by atoms with Gasteiger partial charge in [0.05, 0.1) is 26.2 Å². The van der Waals surface area contributed by atoms with E-state index in [0.717, 1.165) is 5.56 Å². The summed E-state index contributed by atoms with van der Waals surface area (Å²) in [6.45, 7) is 0.533. The Bertz CT molecular complexity index is 1560. The first-order valence-corrected chi connectivity index (χ1v) is 11.5. The average Bonchev–Trinajstić information content (AvgIpc) is 3.61. The Balaban J connectivity index is 1.21. The van der Waals surface area contributed by atoms with Crippen LogP contribution in [0, 0.1) is 5.82 Å². The van der Waals surface area contributed by atoms with E-state index in [0.29, 0.717) is 40.8 Å². The van der Waals surface area contributed by atoms with Crippen molar-refractivity contribution in [2.24, 2.45) is 0 Å². The Labute approximate surface area is 217 Å². The lowest BCUT2D eigenvalue weighted by Crippen LogP contribution is -2.20. The molecule has 2 aromatic heterocycles. The normalized spacial score (nSPS) is 10.7. The van der Waals surface area contributed by atoms with Crippen molar-refractivity contribution in [2.45, 2.75) is 6.54 Å². The summed E-state index contributed by atoms with van der Waals surface area (Å²) in [5.74, 6) is 1.35. The van der Waals surface area contributed by atoms with E-state index in [2.05, 4.69) is 25.8 Å². The molecule has 3 aromatic carbocycles. The number of halogens is 1. The third-order valence-corrected chi connectivity index (χ3v) is 5.62. The summed E-state index contributed by atoms with van der Waals surface area (Å²) >= 11 is 0. The van der Waals surface area contributed by atoms with E-state index in [1.807, 2.05) is 22.8 Å². The second kappa shape index (κ2) is 10.8. The first-order chi connectivity index (χ1) is 18.5. The summed E-state index contributed by atoms with van der Waals surface area (Å²) in [5.41, 5.74) is 2.91. The van der Waals surface area contributed by atoms with Crippen LogP contribution >= 0.6 is 0 Å². The van der Waals surface area contributed by atoms with Crippen LogP contribution in [0.1, 0.15) is 5.56 Å². The van der Waals surface area contributed by atoms with Crippen LogP contribution < -0.4 is 20.1 Å². The lowest BCUT2D eigenvalue weighted by molar-refractivity contribution is 0.262. The van der Waals surface area contributed by atoms with Gasteiger partial charge in [0.25, 0.3) is 5.89 Å². The molecule has 0 saturated heterocycles. The molecule has 2 N–H and O–H groups in total. The molecule has 0 bridgehead atoms. The zero-order chi connectivity index (χ0) is 26.5. The lowest BCUT2D eigenvalue weighted by Gasteiger charge is -2.09. The first kappa shape index (κ1) is 24.5. The number of nitrogens with one attached hydrogen (secondary N) is 2. The number of rotatable bonds is 8. The second-order valence-electron chi connectivity index (χ2n) is 8.18. The number of hydrogen-bond donors (Lipinski definition) is 2. The molecular weight excluding hydrogens is 491 g/mol. The fourth-order valence-corrected chi connectivity index (χ4v) is 3.73. The van der Waals surface area contributed by atoms with Crippen molar-refractivity contribution in [3.05, 3.63) is 90.6 Å². The molecule has 0 aliphatic heterocycles. The lowest BCUT2D eigenvalue weighted by atomic mass is 10.2. The number of anilines is 2. The largest absolute Gasteiger partial charge is 0.493 e. The number of imidazole rings is 1. The van der Waals surface area contributed by atoms with E-state index >= 15 is 0 Å². The molecule has 0 saturated carbocycles. The zero-order valence-electron chi connectivity index (χ0n) is 20.5. The van der Waals surface area contributed by atoms with Gasteiger partial charge in [-0.15, -0.1) is 0 Å². The van der Waals surface area contributed by atoms with Gasteiger partial charge in [-0.1, -0.05) is 29.4 Å². The van der Waals surface area contributed by atoms with E-state index < -0.39 is 11.8 Å². The molecule has 5 aromatic rings. The van der Waals surface area contributed by atoms with Crippen LogP contribution in [-0.2, 0) is 6.54 Å². The van der Waals surface area contributed by atoms with Gasteiger partial charge >= 0.3 is 6.03 Å². The number of aromatic nitrogens is 4. The number of ether oxygens (including phenoxy) is 2. The third kappa shape index (κ3) is 5.46. The van der Waals surface area contributed by atoms with Crippen LogP contribution in [0.25, 0.3) is 23.0 Å². The number of methoxy groups -OCH3 is 2. The van der Waals surface area contributed by atoms with Gasteiger partial charge < -0.3 is 29.2 Å². The molecule has 10 nitrogen and oxygen atoms in total. The maximum Gasteiger partial charge on any atom is 0.323 e. The summed E-state index contributed by atoms with van der Waals surface area (Å²) < 4.78 is 31.6. The van der Waals surface area contributed by atoms with E-state index in [4.69, 9.17) is 14.0 Å². The van der Waals surface area contributed by atoms with Crippen molar-refractivity contribution in [1.82, 2.24) is 19.7 Å². The van der Waals surface area contributed by atoms with Gasteiger partial charge in [-0.2, -0.15) is 4.98 Å². The van der Waals surface area contributed by atoms with Gasteiger partial charge in [-0.05, 0) is 48.0 Å².